The predicted octanol–water partition coefficient (Wildman–Crippen LogP) is 6.68. The summed E-state index contributed by atoms with van der Waals surface area (Å²) in [6.07, 6.45) is 2.64. The van der Waals surface area contributed by atoms with Crippen LogP contribution in [0.25, 0.3) is 17.5 Å². The van der Waals surface area contributed by atoms with E-state index in [1.165, 1.54) is 36.4 Å². The van der Waals surface area contributed by atoms with Crippen LogP contribution in [0.15, 0.2) is 54.6 Å². The minimum Gasteiger partial charge on any atom is -0.246 e. The van der Waals surface area contributed by atoms with Crippen molar-refractivity contribution in [3.63, 3.8) is 0 Å². The minimum atomic E-state index is -1.01. The number of halogens is 4. The van der Waals surface area contributed by atoms with Crippen molar-refractivity contribution in [3.05, 3.63) is 76.9 Å². The lowest BCUT2D eigenvalue weighted by molar-refractivity contribution is 0.558. The van der Waals surface area contributed by atoms with Gasteiger partial charge in [0, 0.05) is 16.7 Å². The summed E-state index contributed by atoms with van der Waals surface area (Å²) >= 11 is 0. The van der Waals surface area contributed by atoms with E-state index in [0.717, 1.165) is 24.5 Å². The Balaban J connectivity index is 2.26. The van der Waals surface area contributed by atoms with Crippen LogP contribution in [-0.2, 0) is 6.42 Å². The Labute approximate surface area is 139 Å². The zero-order chi connectivity index (χ0) is 17.5. The molecule has 2 aromatic carbocycles. The second-order valence-corrected chi connectivity index (χ2v) is 5.36. The van der Waals surface area contributed by atoms with E-state index in [2.05, 4.69) is 0 Å². The number of alkyl halides is 1. The third kappa shape index (κ3) is 4.34. The van der Waals surface area contributed by atoms with Gasteiger partial charge in [-0.25, -0.2) is 17.6 Å². The molecule has 0 N–H and O–H groups in total. The summed E-state index contributed by atoms with van der Waals surface area (Å²) in [7, 11) is 0. The Morgan fingerprint density at radius 3 is 1.71 bits per heavy atom. The maximum atomic E-state index is 14.3. The van der Waals surface area contributed by atoms with Crippen LogP contribution in [0.2, 0.25) is 0 Å². The van der Waals surface area contributed by atoms with E-state index in [-0.39, 0.29) is 16.7 Å². The predicted molar refractivity (Wildman–Crippen MR) is 91.0 cm³/mol. The lowest BCUT2D eigenvalue weighted by atomic mass is 10.0. The lowest BCUT2D eigenvalue weighted by Gasteiger charge is -2.05. The normalized spacial score (nSPS) is 13.0. The highest BCUT2D eigenvalue weighted by Crippen LogP contribution is 2.30. The topological polar surface area (TPSA) is 0 Å². The molecule has 0 unspecified atom stereocenters. The van der Waals surface area contributed by atoms with Crippen LogP contribution in [0, 0.1) is 0 Å². The SMILES string of the molecule is CCCc1ccc(/C(F)=C(\F)c2ccc(/C(F)=C/CF)cc2)cc1. The summed E-state index contributed by atoms with van der Waals surface area (Å²) in [5.41, 5.74) is 1.34. The first-order chi connectivity index (χ1) is 11.6. The van der Waals surface area contributed by atoms with Gasteiger partial charge in [0.2, 0.25) is 0 Å². The van der Waals surface area contributed by atoms with Gasteiger partial charge in [0.15, 0.2) is 11.7 Å². The first-order valence-corrected chi connectivity index (χ1v) is 7.73. The van der Waals surface area contributed by atoms with Gasteiger partial charge in [-0.3, -0.25) is 0 Å². The molecule has 0 radical (unpaired) electrons. The summed E-state index contributed by atoms with van der Waals surface area (Å²) in [6, 6.07) is 11.7. The van der Waals surface area contributed by atoms with Crippen LogP contribution in [0.5, 0.6) is 0 Å². The molecule has 0 bridgehead atoms. The van der Waals surface area contributed by atoms with Gasteiger partial charge in [-0.05, 0) is 18.1 Å². The first-order valence-electron chi connectivity index (χ1n) is 7.73. The molecule has 4 heteroatoms. The number of aryl methyl sites for hydroxylation is 1. The van der Waals surface area contributed by atoms with Gasteiger partial charge < -0.3 is 0 Å². The third-order valence-corrected chi connectivity index (χ3v) is 3.61. The number of benzene rings is 2. The lowest BCUT2D eigenvalue weighted by Crippen LogP contribution is -1.88. The van der Waals surface area contributed by atoms with Crippen molar-refractivity contribution in [2.45, 2.75) is 19.8 Å². The van der Waals surface area contributed by atoms with E-state index < -0.39 is 24.2 Å². The standard InChI is InChI=1S/C20H18F4/c1-2-3-14-4-6-16(7-5-14)19(23)20(24)17-10-8-15(9-11-17)18(22)12-13-21/h4-12H,2-3,13H2,1H3/b18-12-,20-19+. The van der Waals surface area contributed by atoms with Crippen molar-refractivity contribution in [2.75, 3.05) is 6.67 Å². The molecular formula is C20H18F4. The fraction of sp³-hybridized carbons (Fsp3) is 0.200. The van der Waals surface area contributed by atoms with Gasteiger partial charge in [-0.1, -0.05) is 61.9 Å². The van der Waals surface area contributed by atoms with Gasteiger partial charge >= 0.3 is 0 Å². The van der Waals surface area contributed by atoms with E-state index in [0.29, 0.717) is 0 Å². The van der Waals surface area contributed by atoms with E-state index in [4.69, 9.17) is 0 Å². The van der Waals surface area contributed by atoms with Crippen LogP contribution in [0.1, 0.15) is 35.6 Å². The zero-order valence-electron chi connectivity index (χ0n) is 13.3. The summed E-state index contributed by atoms with van der Waals surface area (Å²) in [4.78, 5) is 0. The van der Waals surface area contributed by atoms with Crippen LogP contribution >= 0.6 is 0 Å². The van der Waals surface area contributed by atoms with E-state index >= 15 is 0 Å². The number of hydrogen-bond donors (Lipinski definition) is 0. The molecule has 0 saturated carbocycles. The molecule has 0 saturated heterocycles. The average molecular weight is 334 g/mol. The van der Waals surface area contributed by atoms with Crippen LogP contribution in [-0.4, -0.2) is 6.67 Å². The molecule has 126 valence electrons. The third-order valence-electron chi connectivity index (χ3n) is 3.61. The highest BCUT2D eigenvalue weighted by molar-refractivity contribution is 5.83. The monoisotopic (exact) mass is 334 g/mol. The molecular weight excluding hydrogens is 316 g/mol. The van der Waals surface area contributed by atoms with Gasteiger partial charge in [0.05, 0.1) is 0 Å². The Hall–Kier alpha value is -2.36. The molecule has 0 heterocycles. The van der Waals surface area contributed by atoms with Gasteiger partial charge in [0.1, 0.15) is 12.5 Å². The first kappa shape index (κ1) is 18.0. The highest BCUT2D eigenvalue weighted by atomic mass is 19.2. The van der Waals surface area contributed by atoms with Gasteiger partial charge in [-0.2, -0.15) is 0 Å². The zero-order valence-corrected chi connectivity index (χ0v) is 13.3. The Morgan fingerprint density at radius 1 is 0.792 bits per heavy atom. The summed E-state index contributed by atoms with van der Waals surface area (Å²) in [6.45, 7) is 1.12. The molecule has 0 aliphatic rings. The fourth-order valence-electron chi connectivity index (χ4n) is 2.32. The van der Waals surface area contributed by atoms with Crippen molar-refractivity contribution in [1.82, 2.24) is 0 Å². The average Bonchev–Trinajstić information content (AvgIpc) is 2.62. The quantitative estimate of drug-likeness (QED) is 0.408. The maximum absolute atomic E-state index is 14.3. The maximum Gasteiger partial charge on any atom is 0.166 e. The Morgan fingerprint density at radius 2 is 1.25 bits per heavy atom. The molecule has 0 aliphatic heterocycles. The highest BCUT2D eigenvalue weighted by Gasteiger charge is 2.12. The molecule has 2 aromatic rings. The van der Waals surface area contributed by atoms with Crippen molar-refractivity contribution in [1.29, 1.82) is 0 Å². The molecule has 0 spiro atoms. The Kier molecular flexibility index (Phi) is 6.36. The number of hydrogen-bond acceptors (Lipinski definition) is 0. The fourth-order valence-corrected chi connectivity index (χ4v) is 2.32. The number of allylic oxidation sites excluding steroid dienone is 1. The second kappa shape index (κ2) is 8.48. The molecule has 0 aliphatic carbocycles. The molecule has 0 aromatic heterocycles. The van der Waals surface area contributed by atoms with E-state index in [9.17, 15) is 17.6 Å². The Bertz CT molecular complexity index is 725. The second-order valence-electron chi connectivity index (χ2n) is 5.36. The molecule has 24 heavy (non-hydrogen) atoms. The summed E-state index contributed by atoms with van der Waals surface area (Å²) in [5.74, 6) is -2.72. The van der Waals surface area contributed by atoms with Crippen molar-refractivity contribution >= 4 is 17.5 Å². The van der Waals surface area contributed by atoms with E-state index in [1.807, 2.05) is 6.92 Å². The van der Waals surface area contributed by atoms with Gasteiger partial charge in [0.25, 0.3) is 0 Å². The minimum absolute atomic E-state index is 0.00179. The largest absolute Gasteiger partial charge is 0.246 e. The van der Waals surface area contributed by atoms with Crippen molar-refractivity contribution in [2.24, 2.45) is 0 Å². The summed E-state index contributed by atoms with van der Waals surface area (Å²) < 4.78 is 54.1. The molecule has 0 amide bonds. The van der Waals surface area contributed by atoms with Crippen LogP contribution < -0.4 is 0 Å². The molecule has 0 nitrogen and oxygen atoms in total. The molecule has 0 atom stereocenters. The smallest absolute Gasteiger partial charge is 0.166 e. The van der Waals surface area contributed by atoms with Crippen molar-refractivity contribution < 1.29 is 17.6 Å². The summed E-state index contributed by atoms with van der Waals surface area (Å²) in [5, 5.41) is 0. The van der Waals surface area contributed by atoms with Crippen molar-refractivity contribution in [3.8, 4) is 0 Å². The van der Waals surface area contributed by atoms with Crippen LogP contribution in [0.4, 0.5) is 17.6 Å². The molecule has 0 fully saturated rings. The molecule has 2 rings (SSSR count). The van der Waals surface area contributed by atoms with E-state index in [1.54, 1.807) is 12.1 Å². The van der Waals surface area contributed by atoms with Gasteiger partial charge in [-0.15, -0.1) is 0 Å². The number of rotatable bonds is 6. The van der Waals surface area contributed by atoms with Crippen LogP contribution in [0.3, 0.4) is 0 Å².